The fourth-order valence-electron chi connectivity index (χ4n) is 2.50. The fraction of sp³-hybridized carbons (Fsp3) is 0.571. The van der Waals surface area contributed by atoms with Gasteiger partial charge < -0.3 is 5.32 Å². The molecule has 1 unspecified atom stereocenters. The third-order valence-corrected chi connectivity index (χ3v) is 6.12. The smallest absolute Gasteiger partial charge is 0.182 e. The minimum Gasteiger partial charge on any atom is -0.315 e. The van der Waals surface area contributed by atoms with Crippen LogP contribution in [-0.2, 0) is 9.84 Å². The lowest BCUT2D eigenvalue weighted by Gasteiger charge is -2.24. The van der Waals surface area contributed by atoms with Gasteiger partial charge in [-0.2, -0.15) is 0 Å². The zero-order valence-corrected chi connectivity index (χ0v) is 13.3. The Kier molecular flexibility index (Phi) is 5.42. The molecular weight excluding hydrogens is 282 g/mol. The normalized spacial score (nSPS) is 19.8. The number of aryl methyl sites for hydroxylation is 3. The lowest BCUT2D eigenvalue weighted by Crippen LogP contribution is -2.39. The van der Waals surface area contributed by atoms with E-state index in [9.17, 15) is 8.42 Å². The second-order valence-corrected chi connectivity index (χ2v) is 7.41. The molecule has 1 aromatic rings. The molecule has 0 bridgehead atoms. The Balaban J connectivity index is 0.00000180. The van der Waals surface area contributed by atoms with Crippen molar-refractivity contribution in [3.8, 4) is 0 Å². The van der Waals surface area contributed by atoms with Crippen LogP contribution in [0.3, 0.4) is 0 Å². The predicted octanol–water partition coefficient (Wildman–Crippen LogP) is 2.56. The molecule has 1 aliphatic rings. The Hall–Kier alpha value is -0.580. The van der Waals surface area contributed by atoms with E-state index >= 15 is 0 Å². The van der Waals surface area contributed by atoms with Crippen molar-refractivity contribution in [2.24, 2.45) is 0 Å². The van der Waals surface area contributed by atoms with Crippen molar-refractivity contribution < 1.29 is 8.42 Å². The Morgan fingerprint density at radius 1 is 1.11 bits per heavy atom. The molecule has 0 radical (unpaired) electrons. The second-order valence-electron chi connectivity index (χ2n) is 5.22. The Bertz CT molecular complexity index is 549. The highest BCUT2D eigenvalue weighted by Gasteiger charge is 2.30. The van der Waals surface area contributed by atoms with Crippen LogP contribution in [0.1, 0.15) is 29.5 Å². The molecule has 0 saturated carbocycles. The fourth-order valence-corrected chi connectivity index (χ4v) is 4.53. The van der Waals surface area contributed by atoms with Gasteiger partial charge in [-0.15, -0.1) is 12.4 Å². The maximum Gasteiger partial charge on any atom is 0.182 e. The molecule has 19 heavy (non-hydrogen) atoms. The van der Waals surface area contributed by atoms with Crippen LogP contribution < -0.4 is 5.32 Å². The average molecular weight is 304 g/mol. The lowest BCUT2D eigenvalue weighted by atomic mass is 10.1. The number of piperidine rings is 1. The zero-order chi connectivity index (χ0) is 13.3. The molecule has 1 atom stereocenters. The Labute approximate surface area is 122 Å². The van der Waals surface area contributed by atoms with Crippen LogP contribution in [0.2, 0.25) is 0 Å². The van der Waals surface area contributed by atoms with E-state index in [4.69, 9.17) is 0 Å². The first-order chi connectivity index (χ1) is 8.43. The summed E-state index contributed by atoms with van der Waals surface area (Å²) in [5.74, 6) is 0. The SMILES string of the molecule is Cc1cc(C)c(S(=O)(=O)C2CCCNC2)cc1C.Cl. The zero-order valence-electron chi connectivity index (χ0n) is 11.7. The summed E-state index contributed by atoms with van der Waals surface area (Å²) in [5.41, 5.74) is 3.06. The van der Waals surface area contributed by atoms with Gasteiger partial charge in [0.2, 0.25) is 0 Å². The standard InChI is InChI=1S/C14H21NO2S.ClH/c1-10-7-12(3)14(8-11(10)2)18(16,17)13-5-4-6-15-9-13;/h7-8,13,15H,4-6,9H2,1-3H3;1H. The molecule has 1 saturated heterocycles. The highest BCUT2D eigenvalue weighted by atomic mass is 35.5. The molecule has 1 aliphatic heterocycles. The van der Waals surface area contributed by atoms with Gasteiger partial charge in [-0.25, -0.2) is 8.42 Å². The number of benzene rings is 1. The first kappa shape index (κ1) is 16.5. The third-order valence-electron chi connectivity index (χ3n) is 3.79. The molecular formula is C14H22ClNO2S. The van der Waals surface area contributed by atoms with Gasteiger partial charge in [0.05, 0.1) is 10.1 Å². The minimum atomic E-state index is -3.19. The highest BCUT2D eigenvalue weighted by Crippen LogP contribution is 2.26. The first-order valence-corrected chi connectivity index (χ1v) is 8.00. The molecule has 3 nitrogen and oxygen atoms in total. The molecule has 0 spiro atoms. The Morgan fingerprint density at radius 2 is 1.74 bits per heavy atom. The molecule has 1 aromatic carbocycles. The first-order valence-electron chi connectivity index (χ1n) is 6.45. The third kappa shape index (κ3) is 3.30. The van der Waals surface area contributed by atoms with Crippen LogP contribution in [0, 0.1) is 20.8 Å². The molecule has 0 aromatic heterocycles. The van der Waals surface area contributed by atoms with E-state index in [1.165, 1.54) is 0 Å². The molecule has 1 heterocycles. The van der Waals surface area contributed by atoms with E-state index in [1.54, 1.807) is 0 Å². The number of hydrogen-bond acceptors (Lipinski definition) is 3. The monoisotopic (exact) mass is 303 g/mol. The van der Waals surface area contributed by atoms with E-state index in [-0.39, 0.29) is 17.7 Å². The highest BCUT2D eigenvalue weighted by molar-refractivity contribution is 7.92. The quantitative estimate of drug-likeness (QED) is 0.913. The van der Waals surface area contributed by atoms with Gasteiger partial charge in [-0.1, -0.05) is 6.07 Å². The topological polar surface area (TPSA) is 46.2 Å². The van der Waals surface area contributed by atoms with Crippen molar-refractivity contribution in [3.63, 3.8) is 0 Å². The molecule has 5 heteroatoms. The predicted molar refractivity (Wildman–Crippen MR) is 81.0 cm³/mol. The maximum atomic E-state index is 12.6. The van der Waals surface area contributed by atoms with E-state index < -0.39 is 9.84 Å². The average Bonchev–Trinajstić information content (AvgIpc) is 2.34. The minimum absolute atomic E-state index is 0. The summed E-state index contributed by atoms with van der Waals surface area (Å²) in [6, 6.07) is 3.80. The number of nitrogens with one attached hydrogen (secondary N) is 1. The van der Waals surface area contributed by atoms with Gasteiger partial charge in [0.25, 0.3) is 0 Å². The summed E-state index contributed by atoms with van der Waals surface area (Å²) in [6.07, 6.45) is 1.70. The maximum absolute atomic E-state index is 12.6. The van der Waals surface area contributed by atoms with Gasteiger partial charge in [0.15, 0.2) is 9.84 Å². The largest absolute Gasteiger partial charge is 0.315 e. The van der Waals surface area contributed by atoms with Crippen LogP contribution in [0.25, 0.3) is 0 Å². The molecule has 0 aliphatic carbocycles. The Morgan fingerprint density at radius 3 is 2.32 bits per heavy atom. The number of rotatable bonds is 2. The summed E-state index contributed by atoms with van der Waals surface area (Å²) in [7, 11) is -3.19. The van der Waals surface area contributed by atoms with Crippen molar-refractivity contribution >= 4 is 22.2 Å². The van der Waals surface area contributed by atoms with Crippen LogP contribution >= 0.6 is 12.4 Å². The van der Waals surface area contributed by atoms with Crippen molar-refractivity contribution in [3.05, 3.63) is 28.8 Å². The number of sulfone groups is 1. The van der Waals surface area contributed by atoms with Gasteiger partial charge >= 0.3 is 0 Å². The van der Waals surface area contributed by atoms with E-state index in [0.29, 0.717) is 11.4 Å². The van der Waals surface area contributed by atoms with Crippen LogP contribution in [0.4, 0.5) is 0 Å². The van der Waals surface area contributed by atoms with E-state index in [0.717, 1.165) is 36.1 Å². The summed E-state index contributed by atoms with van der Waals surface area (Å²) in [6.45, 7) is 7.37. The van der Waals surface area contributed by atoms with E-state index in [2.05, 4.69) is 5.32 Å². The summed E-state index contributed by atoms with van der Waals surface area (Å²) < 4.78 is 25.3. The van der Waals surface area contributed by atoms with E-state index in [1.807, 2.05) is 32.9 Å². The summed E-state index contributed by atoms with van der Waals surface area (Å²) >= 11 is 0. The van der Waals surface area contributed by atoms with Crippen molar-refractivity contribution in [1.82, 2.24) is 5.32 Å². The number of halogens is 1. The molecule has 2 rings (SSSR count). The summed E-state index contributed by atoms with van der Waals surface area (Å²) in [4.78, 5) is 0.513. The van der Waals surface area contributed by atoms with Crippen LogP contribution in [0.5, 0.6) is 0 Å². The summed E-state index contributed by atoms with van der Waals surface area (Å²) in [5, 5.41) is 2.91. The van der Waals surface area contributed by atoms with Crippen LogP contribution in [0.15, 0.2) is 17.0 Å². The van der Waals surface area contributed by atoms with Gasteiger partial charge in [0.1, 0.15) is 0 Å². The number of hydrogen-bond donors (Lipinski definition) is 1. The molecule has 1 N–H and O–H groups in total. The second kappa shape index (κ2) is 6.25. The molecule has 108 valence electrons. The van der Waals surface area contributed by atoms with Crippen molar-refractivity contribution in [1.29, 1.82) is 0 Å². The lowest BCUT2D eigenvalue weighted by molar-refractivity contribution is 0.496. The molecule has 1 fully saturated rings. The van der Waals surface area contributed by atoms with Crippen molar-refractivity contribution in [2.75, 3.05) is 13.1 Å². The van der Waals surface area contributed by atoms with Crippen molar-refractivity contribution in [2.45, 2.75) is 43.8 Å². The van der Waals surface area contributed by atoms with Gasteiger partial charge in [-0.3, -0.25) is 0 Å². The molecule has 0 amide bonds. The van der Waals surface area contributed by atoms with Gasteiger partial charge in [-0.05, 0) is 62.9 Å². The van der Waals surface area contributed by atoms with Crippen LogP contribution in [-0.4, -0.2) is 26.8 Å². The van der Waals surface area contributed by atoms with Gasteiger partial charge in [0, 0.05) is 6.54 Å².